The molecule has 1 unspecified atom stereocenters. The van der Waals surface area contributed by atoms with Gasteiger partial charge >= 0.3 is 5.97 Å². The molecule has 3 rings (SSSR count). The van der Waals surface area contributed by atoms with E-state index in [1.165, 1.54) is 19.1 Å². The minimum Gasteiger partial charge on any atom is -0.465 e. The van der Waals surface area contributed by atoms with Crippen LogP contribution in [0.4, 0.5) is 10.1 Å². The fraction of sp³-hybridized carbons (Fsp3) is 0.217. The zero-order valence-corrected chi connectivity index (χ0v) is 18.4. The molecule has 7 nitrogen and oxygen atoms in total. The van der Waals surface area contributed by atoms with Gasteiger partial charge in [0.1, 0.15) is 18.2 Å². The van der Waals surface area contributed by atoms with E-state index in [4.69, 9.17) is 0 Å². The van der Waals surface area contributed by atoms with E-state index in [9.17, 15) is 22.4 Å². The molecule has 1 atom stereocenters. The van der Waals surface area contributed by atoms with Crippen molar-refractivity contribution in [3.63, 3.8) is 0 Å². The normalized spacial score (nSPS) is 12.2. The first kappa shape index (κ1) is 23.2. The summed E-state index contributed by atoms with van der Waals surface area (Å²) in [4.78, 5) is 26.4. The SMILES string of the molecule is CC(=O)OCCS(=O)(=O)Nc1ccc(C(C)c2ccc(C(=O)c3ccccc3)[nH]2)c(F)c1. The molecule has 1 aromatic heterocycles. The van der Waals surface area contributed by atoms with Crippen LogP contribution >= 0.6 is 0 Å². The molecule has 0 aliphatic rings. The second-order valence-electron chi connectivity index (χ2n) is 7.24. The number of carbonyl (C=O) groups excluding carboxylic acids is 2. The highest BCUT2D eigenvalue weighted by Gasteiger charge is 2.19. The molecular formula is C23H23FN2O5S. The summed E-state index contributed by atoms with van der Waals surface area (Å²) in [5.74, 6) is -2.18. The number of aromatic amines is 1. The first-order chi connectivity index (χ1) is 15.2. The number of hydrogen-bond acceptors (Lipinski definition) is 5. The fourth-order valence-corrected chi connectivity index (χ4v) is 4.07. The van der Waals surface area contributed by atoms with Gasteiger partial charge < -0.3 is 9.72 Å². The van der Waals surface area contributed by atoms with Crippen molar-refractivity contribution in [2.45, 2.75) is 19.8 Å². The molecule has 0 fully saturated rings. The van der Waals surface area contributed by atoms with Gasteiger partial charge in [0.15, 0.2) is 0 Å². The molecule has 0 amide bonds. The molecule has 0 bridgehead atoms. The second kappa shape index (κ2) is 9.78. The number of anilines is 1. The summed E-state index contributed by atoms with van der Waals surface area (Å²) in [6, 6.07) is 16.2. The van der Waals surface area contributed by atoms with Crippen LogP contribution in [0.1, 0.15) is 47.1 Å². The summed E-state index contributed by atoms with van der Waals surface area (Å²) in [5.41, 5.74) is 2.00. The van der Waals surface area contributed by atoms with Gasteiger partial charge in [-0.25, -0.2) is 12.8 Å². The maximum absolute atomic E-state index is 14.8. The number of H-pyrrole nitrogens is 1. The van der Waals surface area contributed by atoms with Crippen LogP contribution < -0.4 is 4.72 Å². The summed E-state index contributed by atoms with van der Waals surface area (Å²) in [7, 11) is -3.80. The second-order valence-corrected chi connectivity index (χ2v) is 9.08. The van der Waals surface area contributed by atoms with Crippen molar-refractivity contribution >= 4 is 27.5 Å². The molecule has 3 aromatic rings. The Morgan fingerprint density at radius 3 is 2.47 bits per heavy atom. The van der Waals surface area contributed by atoms with Gasteiger partial charge in [0.2, 0.25) is 15.8 Å². The van der Waals surface area contributed by atoms with Gasteiger partial charge in [-0.3, -0.25) is 14.3 Å². The van der Waals surface area contributed by atoms with Crippen LogP contribution in [0.3, 0.4) is 0 Å². The first-order valence-corrected chi connectivity index (χ1v) is 11.5. The van der Waals surface area contributed by atoms with Crippen molar-refractivity contribution in [2.24, 2.45) is 0 Å². The van der Waals surface area contributed by atoms with Crippen LogP contribution in [-0.2, 0) is 19.6 Å². The van der Waals surface area contributed by atoms with Gasteiger partial charge in [-0.2, -0.15) is 0 Å². The number of nitrogens with one attached hydrogen (secondary N) is 2. The van der Waals surface area contributed by atoms with Crippen molar-refractivity contribution < 1.29 is 27.1 Å². The number of halogens is 1. The summed E-state index contributed by atoms with van der Waals surface area (Å²) in [6.45, 7) is 2.67. The third-order valence-electron chi connectivity index (χ3n) is 4.85. The Morgan fingerprint density at radius 1 is 1.09 bits per heavy atom. The number of carbonyl (C=O) groups is 2. The molecule has 9 heteroatoms. The largest absolute Gasteiger partial charge is 0.465 e. The average Bonchev–Trinajstić information content (AvgIpc) is 3.23. The van der Waals surface area contributed by atoms with E-state index < -0.39 is 33.5 Å². The Kier molecular flexibility index (Phi) is 7.09. The monoisotopic (exact) mass is 458 g/mol. The van der Waals surface area contributed by atoms with Crippen LogP contribution in [0.2, 0.25) is 0 Å². The van der Waals surface area contributed by atoms with E-state index in [1.54, 1.807) is 43.3 Å². The topological polar surface area (TPSA) is 105 Å². The molecular weight excluding hydrogens is 435 g/mol. The maximum atomic E-state index is 14.8. The van der Waals surface area contributed by atoms with Crippen LogP contribution in [0.25, 0.3) is 0 Å². The minimum absolute atomic E-state index is 0.0627. The van der Waals surface area contributed by atoms with Crippen LogP contribution in [0.15, 0.2) is 60.7 Å². The molecule has 32 heavy (non-hydrogen) atoms. The molecule has 168 valence electrons. The quantitative estimate of drug-likeness (QED) is 0.374. The highest BCUT2D eigenvalue weighted by Crippen LogP contribution is 2.28. The van der Waals surface area contributed by atoms with Crippen LogP contribution in [0.5, 0.6) is 0 Å². The Morgan fingerprint density at radius 2 is 1.81 bits per heavy atom. The molecule has 2 aromatic carbocycles. The van der Waals surface area contributed by atoms with Gasteiger partial charge in [-0.15, -0.1) is 0 Å². The third-order valence-corrected chi connectivity index (χ3v) is 6.10. The van der Waals surface area contributed by atoms with Gasteiger partial charge in [-0.1, -0.05) is 43.3 Å². The Balaban J connectivity index is 1.72. The molecule has 0 saturated carbocycles. The van der Waals surface area contributed by atoms with Crippen LogP contribution in [0, 0.1) is 5.82 Å². The predicted octanol–water partition coefficient (Wildman–Crippen LogP) is 3.84. The predicted molar refractivity (Wildman–Crippen MR) is 119 cm³/mol. The Bertz CT molecular complexity index is 1220. The summed E-state index contributed by atoms with van der Waals surface area (Å²) in [6.07, 6.45) is 0. The summed E-state index contributed by atoms with van der Waals surface area (Å²) in [5, 5.41) is 0. The van der Waals surface area contributed by atoms with Gasteiger partial charge in [0, 0.05) is 24.1 Å². The minimum atomic E-state index is -3.80. The third kappa shape index (κ3) is 5.82. The standard InChI is InChI=1S/C23H23FN2O5S/c1-15(21-10-11-22(25-21)23(28)17-6-4-3-5-7-17)19-9-8-18(14-20(19)24)26-32(29,30)13-12-31-16(2)27/h3-11,14-15,25-26H,12-13H2,1-2H3. The van der Waals surface area contributed by atoms with Gasteiger partial charge in [0.25, 0.3) is 0 Å². The lowest BCUT2D eigenvalue weighted by molar-refractivity contribution is -0.140. The van der Waals surface area contributed by atoms with E-state index in [2.05, 4.69) is 14.4 Å². The maximum Gasteiger partial charge on any atom is 0.302 e. The molecule has 0 spiro atoms. The molecule has 0 aliphatic carbocycles. The fourth-order valence-electron chi connectivity index (χ4n) is 3.18. The van der Waals surface area contributed by atoms with E-state index in [1.807, 2.05) is 6.07 Å². The van der Waals surface area contributed by atoms with Crippen molar-refractivity contribution in [1.29, 1.82) is 0 Å². The lowest BCUT2D eigenvalue weighted by Crippen LogP contribution is -2.21. The van der Waals surface area contributed by atoms with Crippen molar-refractivity contribution in [3.05, 3.63) is 89.0 Å². The van der Waals surface area contributed by atoms with Gasteiger partial charge in [0.05, 0.1) is 11.4 Å². The number of benzene rings is 2. The number of ketones is 1. The molecule has 0 aliphatic heterocycles. The number of hydrogen-bond donors (Lipinski definition) is 2. The highest BCUT2D eigenvalue weighted by molar-refractivity contribution is 7.92. The number of sulfonamides is 1. The van der Waals surface area contributed by atoms with E-state index >= 15 is 0 Å². The number of esters is 1. The van der Waals surface area contributed by atoms with Gasteiger partial charge in [-0.05, 0) is 29.8 Å². The van der Waals surface area contributed by atoms with Crippen molar-refractivity contribution in [1.82, 2.24) is 4.98 Å². The van der Waals surface area contributed by atoms with E-state index in [0.29, 0.717) is 22.5 Å². The number of aromatic nitrogens is 1. The molecule has 0 saturated heterocycles. The molecule has 1 heterocycles. The zero-order chi connectivity index (χ0) is 23.3. The van der Waals surface area contributed by atoms with E-state index in [0.717, 1.165) is 6.07 Å². The summed E-state index contributed by atoms with van der Waals surface area (Å²) >= 11 is 0. The Hall–Kier alpha value is -3.46. The Labute approximate surface area is 185 Å². The lowest BCUT2D eigenvalue weighted by atomic mass is 9.97. The zero-order valence-electron chi connectivity index (χ0n) is 17.6. The van der Waals surface area contributed by atoms with Crippen molar-refractivity contribution in [2.75, 3.05) is 17.1 Å². The smallest absolute Gasteiger partial charge is 0.302 e. The number of ether oxygens (including phenoxy) is 1. The lowest BCUT2D eigenvalue weighted by Gasteiger charge is -2.14. The first-order valence-electron chi connectivity index (χ1n) is 9.88. The summed E-state index contributed by atoms with van der Waals surface area (Å²) < 4.78 is 45.8. The highest BCUT2D eigenvalue weighted by atomic mass is 32.2. The molecule has 2 N–H and O–H groups in total. The average molecular weight is 459 g/mol. The van der Waals surface area contributed by atoms with Crippen LogP contribution in [-0.4, -0.2) is 37.5 Å². The van der Waals surface area contributed by atoms with Crippen molar-refractivity contribution in [3.8, 4) is 0 Å². The van der Waals surface area contributed by atoms with E-state index in [-0.39, 0.29) is 18.1 Å². The molecule has 0 radical (unpaired) electrons. The number of rotatable bonds is 9.